The second-order valence-electron chi connectivity index (χ2n) is 7.69. The van der Waals surface area contributed by atoms with Crippen LogP contribution >= 0.6 is 0 Å². The van der Waals surface area contributed by atoms with Crippen LogP contribution in [0.3, 0.4) is 0 Å². The van der Waals surface area contributed by atoms with Crippen LogP contribution in [-0.4, -0.2) is 30.0 Å². The van der Waals surface area contributed by atoms with E-state index in [1.54, 1.807) is 18.2 Å². The van der Waals surface area contributed by atoms with Gasteiger partial charge in [-0.15, -0.1) is 0 Å². The molecule has 0 heterocycles. The van der Waals surface area contributed by atoms with E-state index < -0.39 is 35.8 Å². The molecular formula is C23H28FN3O4. The second-order valence-corrected chi connectivity index (χ2v) is 7.69. The first-order chi connectivity index (χ1) is 14.7. The van der Waals surface area contributed by atoms with Gasteiger partial charge in [-0.05, 0) is 35.6 Å². The van der Waals surface area contributed by atoms with Gasteiger partial charge in [-0.25, -0.2) is 9.18 Å². The molecule has 1 unspecified atom stereocenters. The quantitative estimate of drug-likeness (QED) is 0.539. The van der Waals surface area contributed by atoms with E-state index in [0.717, 1.165) is 5.56 Å². The molecule has 8 heteroatoms. The van der Waals surface area contributed by atoms with Crippen molar-refractivity contribution in [3.05, 3.63) is 71.5 Å². The standard InChI is InChI=1S/C23H28FN3O4/c1-15(2)11-19(21(25)28)26-22(29)20(13-17-9-6-10-18(24)12-17)27-23(30)31-14-16-7-4-3-5-8-16/h3-10,12,15,19-20H,11,13-14H2,1-2H3,(H2,25,28)(H,26,29)(H,27,30)/t19-,20?/m0/s1. The van der Waals surface area contributed by atoms with Crippen molar-refractivity contribution in [2.45, 2.75) is 45.4 Å². The van der Waals surface area contributed by atoms with E-state index in [4.69, 9.17) is 10.5 Å². The lowest BCUT2D eigenvalue weighted by Crippen LogP contribution is -2.54. The first-order valence-corrected chi connectivity index (χ1v) is 10.1. The number of benzene rings is 2. The number of nitrogens with one attached hydrogen (secondary N) is 2. The van der Waals surface area contributed by atoms with Crippen molar-refractivity contribution in [3.63, 3.8) is 0 Å². The average Bonchev–Trinajstić information content (AvgIpc) is 2.71. The second kappa shape index (κ2) is 11.7. The zero-order valence-corrected chi connectivity index (χ0v) is 17.6. The summed E-state index contributed by atoms with van der Waals surface area (Å²) in [5.41, 5.74) is 6.69. The smallest absolute Gasteiger partial charge is 0.408 e. The van der Waals surface area contributed by atoms with Crippen molar-refractivity contribution in [1.82, 2.24) is 10.6 Å². The third-order valence-electron chi connectivity index (χ3n) is 4.52. The molecular weight excluding hydrogens is 401 g/mol. The van der Waals surface area contributed by atoms with Crippen LogP contribution in [0.25, 0.3) is 0 Å². The van der Waals surface area contributed by atoms with Crippen molar-refractivity contribution in [1.29, 1.82) is 0 Å². The molecule has 31 heavy (non-hydrogen) atoms. The van der Waals surface area contributed by atoms with E-state index in [9.17, 15) is 18.8 Å². The number of hydrogen-bond donors (Lipinski definition) is 3. The lowest BCUT2D eigenvalue weighted by Gasteiger charge is -2.23. The largest absolute Gasteiger partial charge is 0.445 e. The van der Waals surface area contributed by atoms with Crippen LogP contribution in [0.1, 0.15) is 31.4 Å². The molecule has 2 aromatic rings. The van der Waals surface area contributed by atoms with Crippen LogP contribution in [0.2, 0.25) is 0 Å². The molecule has 3 amide bonds. The highest BCUT2D eigenvalue weighted by Crippen LogP contribution is 2.10. The summed E-state index contributed by atoms with van der Waals surface area (Å²) in [5.74, 6) is -1.62. The molecule has 166 valence electrons. The Morgan fingerprint density at radius 2 is 1.65 bits per heavy atom. The molecule has 0 saturated carbocycles. The van der Waals surface area contributed by atoms with E-state index in [0.29, 0.717) is 12.0 Å². The lowest BCUT2D eigenvalue weighted by molar-refractivity contribution is -0.128. The predicted molar refractivity (Wildman–Crippen MR) is 114 cm³/mol. The zero-order chi connectivity index (χ0) is 22.8. The zero-order valence-electron chi connectivity index (χ0n) is 17.6. The maximum atomic E-state index is 13.6. The van der Waals surface area contributed by atoms with Crippen LogP contribution in [0.4, 0.5) is 9.18 Å². The third kappa shape index (κ3) is 8.46. The fraction of sp³-hybridized carbons (Fsp3) is 0.348. The molecule has 0 fully saturated rings. The number of carbonyl (C=O) groups excluding carboxylic acids is 3. The van der Waals surface area contributed by atoms with Gasteiger partial charge < -0.3 is 21.1 Å². The van der Waals surface area contributed by atoms with E-state index in [1.807, 2.05) is 32.0 Å². The summed E-state index contributed by atoms with van der Waals surface area (Å²) < 4.78 is 18.8. The van der Waals surface area contributed by atoms with Crippen LogP contribution in [-0.2, 0) is 27.4 Å². The Morgan fingerprint density at radius 3 is 2.26 bits per heavy atom. The van der Waals surface area contributed by atoms with Gasteiger partial charge in [-0.2, -0.15) is 0 Å². The molecule has 2 atom stereocenters. The molecule has 0 aromatic heterocycles. The van der Waals surface area contributed by atoms with Crippen molar-refractivity contribution in [2.24, 2.45) is 11.7 Å². The fourth-order valence-corrected chi connectivity index (χ4v) is 3.01. The minimum atomic E-state index is -1.08. The monoisotopic (exact) mass is 429 g/mol. The van der Waals surface area contributed by atoms with Crippen LogP contribution in [0, 0.1) is 11.7 Å². The molecule has 0 spiro atoms. The number of carbonyl (C=O) groups is 3. The highest BCUT2D eigenvalue weighted by atomic mass is 19.1. The predicted octanol–water partition coefficient (Wildman–Crippen LogP) is 2.68. The molecule has 4 N–H and O–H groups in total. The van der Waals surface area contributed by atoms with Gasteiger partial charge in [-0.3, -0.25) is 9.59 Å². The Hall–Kier alpha value is -3.42. The number of rotatable bonds is 10. The first-order valence-electron chi connectivity index (χ1n) is 10.1. The summed E-state index contributed by atoms with van der Waals surface area (Å²) in [6.07, 6.45) is -0.441. The summed E-state index contributed by atoms with van der Waals surface area (Å²) in [5, 5.41) is 5.09. The Morgan fingerprint density at radius 1 is 0.968 bits per heavy atom. The molecule has 0 radical (unpaired) electrons. The van der Waals surface area contributed by atoms with Crippen molar-refractivity contribution >= 4 is 17.9 Å². The molecule has 0 saturated heterocycles. The molecule has 0 aliphatic rings. The fourth-order valence-electron chi connectivity index (χ4n) is 3.01. The van der Waals surface area contributed by atoms with Gasteiger partial charge in [-0.1, -0.05) is 56.3 Å². The van der Waals surface area contributed by atoms with E-state index in [1.165, 1.54) is 18.2 Å². The number of alkyl carbamates (subject to hydrolysis) is 1. The molecule has 2 rings (SSSR count). The number of ether oxygens (including phenoxy) is 1. The summed E-state index contributed by atoms with van der Waals surface area (Å²) >= 11 is 0. The Balaban J connectivity index is 2.10. The normalized spacial score (nSPS) is 12.6. The number of nitrogens with two attached hydrogens (primary N) is 1. The molecule has 7 nitrogen and oxygen atoms in total. The first kappa shape index (κ1) is 23.9. The Bertz CT molecular complexity index is 889. The summed E-state index contributed by atoms with van der Waals surface area (Å²) in [6.45, 7) is 3.81. The molecule has 0 aliphatic carbocycles. The molecule has 2 aromatic carbocycles. The van der Waals surface area contributed by atoms with Crippen molar-refractivity contribution in [2.75, 3.05) is 0 Å². The van der Waals surface area contributed by atoms with Gasteiger partial charge in [0.15, 0.2) is 0 Å². The van der Waals surface area contributed by atoms with Crippen LogP contribution in [0.15, 0.2) is 54.6 Å². The van der Waals surface area contributed by atoms with Gasteiger partial charge in [0.2, 0.25) is 11.8 Å². The van der Waals surface area contributed by atoms with Gasteiger partial charge >= 0.3 is 6.09 Å². The van der Waals surface area contributed by atoms with Gasteiger partial charge in [0, 0.05) is 6.42 Å². The van der Waals surface area contributed by atoms with E-state index in [2.05, 4.69) is 10.6 Å². The van der Waals surface area contributed by atoms with Crippen molar-refractivity contribution in [3.8, 4) is 0 Å². The average molecular weight is 429 g/mol. The Labute approximate surface area is 181 Å². The third-order valence-corrected chi connectivity index (χ3v) is 4.52. The molecule has 0 bridgehead atoms. The molecule has 0 aliphatic heterocycles. The summed E-state index contributed by atoms with van der Waals surface area (Å²) in [7, 11) is 0. The lowest BCUT2D eigenvalue weighted by atomic mass is 10.0. The number of primary amides is 1. The topological polar surface area (TPSA) is 111 Å². The number of halogens is 1. The van der Waals surface area contributed by atoms with E-state index >= 15 is 0 Å². The maximum absolute atomic E-state index is 13.6. The summed E-state index contributed by atoms with van der Waals surface area (Å²) in [4.78, 5) is 36.9. The number of hydrogen-bond acceptors (Lipinski definition) is 4. The maximum Gasteiger partial charge on any atom is 0.408 e. The number of amides is 3. The minimum Gasteiger partial charge on any atom is -0.445 e. The van der Waals surface area contributed by atoms with Crippen LogP contribution in [0.5, 0.6) is 0 Å². The van der Waals surface area contributed by atoms with Gasteiger partial charge in [0.05, 0.1) is 0 Å². The van der Waals surface area contributed by atoms with Crippen molar-refractivity contribution < 1.29 is 23.5 Å². The highest BCUT2D eigenvalue weighted by Gasteiger charge is 2.27. The van der Waals surface area contributed by atoms with Gasteiger partial charge in [0.1, 0.15) is 24.5 Å². The summed E-state index contributed by atoms with van der Waals surface area (Å²) in [6, 6.07) is 12.8. The highest BCUT2D eigenvalue weighted by molar-refractivity contribution is 5.90. The van der Waals surface area contributed by atoms with E-state index in [-0.39, 0.29) is 18.9 Å². The van der Waals surface area contributed by atoms with Crippen LogP contribution < -0.4 is 16.4 Å². The minimum absolute atomic E-state index is 0.0111. The SMILES string of the molecule is CC(C)C[C@H](NC(=O)C(Cc1cccc(F)c1)NC(=O)OCc1ccccc1)C(N)=O. The Kier molecular flexibility index (Phi) is 8.99. The van der Waals surface area contributed by atoms with Gasteiger partial charge in [0.25, 0.3) is 0 Å².